The van der Waals surface area contributed by atoms with Gasteiger partial charge in [0.25, 0.3) is 0 Å². The molecule has 0 bridgehead atoms. The quantitative estimate of drug-likeness (QED) is 0.748. The number of benzene rings is 2. The third-order valence-corrected chi connectivity index (χ3v) is 6.62. The molecule has 1 amide bonds. The summed E-state index contributed by atoms with van der Waals surface area (Å²) in [6.45, 7) is 7.39. The summed E-state index contributed by atoms with van der Waals surface area (Å²) in [5.41, 5.74) is 4.20. The maximum atomic E-state index is 12.5. The maximum absolute atomic E-state index is 12.5. The first-order valence-corrected chi connectivity index (χ1v) is 10.3. The standard InChI is InChI=1S/C23H25BrN2O/c1-4-16-7-10-20-19(15-16)22(2,3)23(25-21(27)12-14-26(20)23)13-11-17-5-8-18(24)9-6-17/h5-11,13,15H,4,12,14H2,1-3H3,(H,25,27)/t23-/m1/s1. The van der Waals surface area contributed by atoms with Crippen LogP contribution in [0.2, 0.25) is 0 Å². The average Bonchev–Trinajstić information content (AvgIpc) is 2.85. The zero-order chi connectivity index (χ0) is 19.2. The Kier molecular flexibility index (Phi) is 4.42. The van der Waals surface area contributed by atoms with Gasteiger partial charge < -0.3 is 10.2 Å². The molecule has 2 aliphatic rings. The van der Waals surface area contributed by atoms with E-state index in [9.17, 15) is 4.79 Å². The highest BCUT2D eigenvalue weighted by Crippen LogP contribution is 2.52. The van der Waals surface area contributed by atoms with Crippen molar-refractivity contribution in [1.82, 2.24) is 5.32 Å². The fraction of sp³-hybridized carbons (Fsp3) is 0.348. The summed E-state index contributed by atoms with van der Waals surface area (Å²) in [5, 5.41) is 3.34. The van der Waals surface area contributed by atoms with E-state index in [0.717, 1.165) is 23.0 Å². The molecule has 0 saturated carbocycles. The van der Waals surface area contributed by atoms with Crippen LogP contribution in [0.5, 0.6) is 0 Å². The van der Waals surface area contributed by atoms with Crippen molar-refractivity contribution in [3.8, 4) is 0 Å². The van der Waals surface area contributed by atoms with Crippen LogP contribution in [0.25, 0.3) is 6.08 Å². The minimum absolute atomic E-state index is 0.114. The summed E-state index contributed by atoms with van der Waals surface area (Å²) >= 11 is 3.49. The van der Waals surface area contributed by atoms with Crippen molar-refractivity contribution in [3.63, 3.8) is 0 Å². The number of aryl methyl sites for hydroxylation is 1. The highest BCUT2D eigenvalue weighted by atomic mass is 79.9. The zero-order valence-corrected chi connectivity index (χ0v) is 17.6. The van der Waals surface area contributed by atoms with Crippen LogP contribution in [0, 0.1) is 0 Å². The van der Waals surface area contributed by atoms with Gasteiger partial charge in [-0.05, 0) is 47.4 Å². The summed E-state index contributed by atoms with van der Waals surface area (Å²) in [7, 11) is 0. The van der Waals surface area contributed by atoms with Gasteiger partial charge in [-0.2, -0.15) is 0 Å². The Morgan fingerprint density at radius 1 is 1.19 bits per heavy atom. The van der Waals surface area contributed by atoms with E-state index in [4.69, 9.17) is 0 Å². The number of anilines is 1. The molecule has 4 rings (SSSR count). The van der Waals surface area contributed by atoms with E-state index < -0.39 is 5.66 Å². The van der Waals surface area contributed by atoms with Crippen molar-refractivity contribution in [2.75, 3.05) is 11.4 Å². The lowest BCUT2D eigenvalue weighted by Crippen LogP contribution is -2.68. The van der Waals surface area contributed by atoms with Crippen LogP contribution in [0.4, 0.5) is 5.69 Å². The molecule has 1 fully saturated rings. The van der Waals surface area contributed by atoms with Gasteiger partial charge in [0.15, 0.2) is 0 Å². The molecule has 1 N–H and O–H groups in total. The summed E-state index contributed by atoms with van der Waals surface area (Å²) in [5.74, 6) is 0.114. The Labute approximate surface area is 169 Å². The third-order valence-electron chi connectivity index (χ3n) is 6.09. The van der Waals surface area contributed by atoms with Crippen LogP contribution in [-0.2, 0) is 16.6 Å². The lowest BCUT2D eigenvalue weighted by Gasteiger charge is -2.49. The minimum atomic E-state index is -0.551. The van der Waals surface area contributed by atoms with Crippen LogP contribution in [0.1, 0.15) is 43.9 Å². The Hall–Kier alpha value is -2.07. The number of fused-ring (bicyclic) bond motifs is 3. The number of amides is 1. The number of hydrogen-bond donors (Lipinski definition) is 1. The topological polar surface area (TPSA) is 32.3 Å². The van der Waals surface area contributed by atoms with Gasteiger partial charge in [0.1, 0.15) is 5.66 Å². The fourth-order valence-electron chi connectivity index (χ4n) is 4.41. The first kappa shape index (κ1) is 18.3. The molecule has 4 heteroatoms. The van der Waals surface area contributed by atoms with Crippen molar-refractivity contribution < 1.29 is 4.79 Å². The van der Waals surface area contributed by atoms with E-state index in [1.807, 2.05) is 12.1 Å². The lowest BCUT2D eigenvalue weighted by molar-refractivity contribution is -0.124. The summed E-state index contributed by atoms with van der Waals surface area (Å²) in [4.78, 5) is 14.8. The summed E-state index contributed by atoms with van der Waals surface area (Å²) < 4.78 is 1.06. The molecule has 2 aromatic carbocycles. The molecule has 0 aliphatic carbocycles. The van der Waals surface area contributed by atoms with Crippen molar-refractivity contribution in [2.45, 2.75) is 44.7 Å². The molecule has 140 valence electrons. The Morgan fingerprint density at radius 3 is 2.63 bits per heavy atom. The molecule has 2 aliphatic heterocycles. The molecular formula is C23H25BrN2O. The van der Waals surface area contributed by atoms with E-state index >= 15 is 0 Å². The van der Waals surface area contributed by atoms with Crippen LogP contribution in [-0.4, -0.2) is 18.1 Å². The predicted octanol–water partition coefficient (Wildman–Crippen LogP) is 5.04. The van der Waals surface area contributed by atoms with Gasteiger partial charge in [-0.1, -0.05) is 67.0 Å². The Balaban J connectivity index is 1.84. The minimum Gasteiger partial charge on any atom is -0.344 e. The van der Waals surface area contributed by atoms with Crippen molar-refractivity contribution in [1.29, 1.82) is 0 Å². The molecule has 2 heterocycles. The van der Waals surface area contributed by atoms with Crippen molar-refractivity contribution in [3.05, 3.63) is 69.7 Å². The number of carbonyl (C=O) groups excluding carboxylic acids is 1. The molecule has 27 heavy (non-hydrogen) atoms. The van der Waals surface area contributed by atoms with Gasteiger partial charge in [-0.25, -0.2) is 0 Å². The predicted molar refractivity (Wildman–Crippen MR) is 115 cm³/mol. The van der Waals surface area contributed by atoms with Crippen LogP contribution in [0.3, 0.4) is 0 Å². The molecule has 3 nitrogen and oxygen atoms in total. The second-order valence-electron chi connectivity index (χ2n) is 7.93. The maximum Gasteiger partial charge on any atom is 0.223 e. The van der Waals surface area contributed by atoms with Crippen LogP contribution < -0.4 is 10.2 Å². The lowest BCUT2D eigenvalue weighted by atomic mass is 9.74. The monoisotopic (exact) mass is 424 g/mol. The van der Waals surface area contributed by atoms with Crippen LogP contribution in [0.15, 0.2) is 53.0 Å². The molecule has 0 radical (unpaired) electrons. The smallest absolute Gasteiger partial charge is 0.223 e. The highest BCUT2D eigenvalue weighted by molar-refractivity contribution is 9.10. The van der Waals surface area contributed by atoms with Gasteiger partial charge in [-0.15, -0.1) is 0 Å². The van der Waals surface area contributed by atoms with E-state index in [0.29, 0.717) is 6.42 Å². The van der Waals surface area contributed by atoms with E-state index in [2.05, 4.69) is 89.4 Å². The van der Waals surface area contributed by atoms with Gasteiger partial charge >= 0.3 is 0 Å². The van der Waals surface area contributed by atoms with Crippen molar-refractivity contribution >= 4 is 33.6 Å². The average molecular weight is 425 g/mol. The van der Waals surface area contributed by atoms with Crippen molar-refractivity contribution in [2.24, 2.45) is 0 Å². The van der Waals surface area contributed by atoms with E-state index in [1.54, 1.807) is 0 Å². The largest absolute Gasteiger partial charge is 0.344 e. The highest BCUT2D eigenvalue weighted by Gasteiger charge is 2.57. The zero-order valence-electron chi connectivity index (χ0n) is 16.1. The van der Waals surface area contributed by atoms with E-state index in [1.165, 1.54) is 16.8 Å². The van der Waals surface area contributed by atoms with Gasteiger partial charge in [0.05, 0.1) is 0 Å². The number of rotatable bonds is 3. The van der Waals surface area contributed by atoms with Gasteiger partial charge in [0, 0.05) is 28.5 Å². The van der Waals surface area contributed by atoms with Gasteiger partial charge in [0.2, 0.25) is 5.91 Å². The number of carbonyl (C=O) groups is 1. The van der Waals surface area contributed by atoms with E-state index in [-0.39, 0.29) is 11.3 Å². The first-order chi connectivity index (χ1) is 12.9. The second kappa shape index (κ2) is 6.52. The van der Waals surface area contributed by atoms with Gasteiger partial charge in [-0.3, -0.25) is 4.79 Å². The molecule has 0 aromatic heterocycles. The normalized spacial score (nSPS) is 23.3. The molecule has 1 atom stereocenters. The number of nitrogens with zero attached hydrogens (tertiary/aromatic N) is 1. The number of nitrogens with one attached hydrogen (secondary N) is 1. The molecule has 0 spiro atoms. The number of halogens is 1. The van der Waals surface area contributed by atoms with Crippen LogP contribution >= 0.6 is 15.9 Å². The number of hydrogen-bond acceptors (Lipinski definition) is 2. The molecule has 0 unspecified atom stereocenters. The fourth-order valence-corrected chi connectivity index (χ4v) is 4.68. The third kappa shape index (κ3) is 2.82. The second-order valence-corrected chi connectivity index (χ2v) is 8.85. The molecule has 2 aromatic rings. The first-order valence-electron chi connectivity index (χ1n) is 9.54. The molecule has 1 saturated heterocycles. The Morgan fingerprint density at radius 2 is 1.93 bits per heavy atom. The summed E-state index contributed by atoms with van der Waals surface area (Å²) in [6, 6.07) is 15.0. The molecular weight excluding hydrogens is 400 g/mol. The Bertz CT molecular complexity index is 916. The summed E-state index contributed by atoms with van der Waals surface area (Å²) in [6.07, 6.45) is 5.84. The SMILES string of the molecule is CCc1ccc2c(c1)C(C)(C)[C@]1(C=Cc3ccc(Br)cc3)NC(=O)CCN21.